The third-order valence-electron chi connectivity index (χ3n) is 3.54. The molecule has 2 heterocycles. The molecule has 100 valence electrons. The van der Waals surface area contributed by atoms with Crippen molar-refractivity contribution in [3.05, 3.63) is 17.0 Å². The smallest absolute Gasteiger partial charge is 0.222 e. The van der Waals surface area contributed by atoms with Gasteiger partial charge in [-0.15, -0.1) is 0 Å². The zero-order valence-electron chi connectivity index (χ0n) is 11.3. The second kappa shape index (κ2) is 6.00. The third-order valence-corrected chi connectivity index (χ3v) is 3.54. The van der Waals surface area contributed by atoms with E-state index in [1.165, 1.54) is 5.56 Å². The van der Waals surface area contributed by atoms with Gasteiger partial charge < -0.3 is 10.2 Å². The molecule has 0 saturated carbocycles. The van der Waals surface area contributed by atoms with Crippen molar-refractivity contribution in [2.45, 2.75) is 39.7 Å². The van der Waals surface area contributed by atoms with Crippen LogP contribution in [0.5, 0.6) is 0 Å². The second-order valence-electron chi connectivity index (χ2n) is 4.93. The molecule has 1 aliphatic rings. The molecule has 18 heavy (non-hydrogen) atoms. The van der Waals surface area contributed by atoms with Gasteiger partial charge in [-0.25, -0.2) is 0 Å². The Morgan fingerprint density at radius 1 is 1.44 bits per heavy atom. The van der Waals surface area contributed by atoms with E-state index in [4.69, 9.17) is 0 Å². The highest BCUT2D eigenvalue weighted by Gasteiger charge is 2.18. The lowest BCUT2D eigenvalue weighted by Gasteiger charge is -2.15. The lowest BCUT2D eigenvalue weighted by atomic mass is 10.2. The summed E-state index contributed by atoms with van der Waals surface area (Å²) in [7, 11) is 0. The minimum Gasteiger partial charge on any atom is -0.343 e. The number of rotatable bonds is 6. The number of likely N-dealkylation sites (tertiary alicyclic amines) is 1. The summed E-state index contributed by atoms with van der Waals surface area (Å²) >= 11 is 0. The van der Waals surface area contributed by atoms with Gasteiger partial charge in [-0.05, 0) is 33.2 Å². The summed E-state index contributed by atoms with van der Waals surface area (Å²) in [4.78, 5) is 13.4. The SMILES string of the molecule is Cc1n[nH]c(C)c1CNCCCN1CCCC1=O. The normalized spacial score (nSPS) is 15.7. The Morgan fingerprint density at radius 2 is 2.28 bits per heavy atom. The Labute approximate surface area is 108 Å². The van der Waals surface area contributed by atoms with E-state index in [2.05, 4.69) is 15.5 Å². The summed E-state index contributed by atoms with van der Waals surface area (Å²) < 4.78 is 0. The zero-order chi connectivity index (χ0) is 13.0. The summed E-state index contributed by atoms with van der Waals surface area (Å²) in [5, 5.41) is 10.6. The van der Waals surface area contributed by atoms with Crippen molar-refractivity contribution in [1.82, 2.24) is 20.4 Å². The molecule has 0 aliphatic carbocycles. The van der Waals surface area contributed by atoms with Crippen LogP contribution >= 0.6 is 0 Å². The van der Waals surface area contributed by atoms with Gasteiger partial charge in [0.15, 0.2) is 0 Å². The van der Waals surface area contributed by atoms with Crippen LogP contribution in [0, 0.1) is 13.8 Å². The van der Waals surface area contributed by atoms with Gasteiger partial charge in [-0.3, -0.25) is 9.89 Å². The third kappa shape index (κ3) is 3.10. The molecule has 1 aliphatic heterocycles. The number of H-pyrrole nitrogens is 1. The van der Waals surface area contributed by atoms with E-state index < -0.39 is 0 Å². The van der Waals surface area contributed by atoms with Crippen LogP contribution in [-0.2, 0) is 11.3 Å². The second-order valence-corrected chi connectivity index (χ2v) is 4.93. The van der Waals surface area contributed by atoms with Crippen LogP contribution in [0.1, 0.15) is 36.2 Å². The van der Waals surface area contributed by atoms with Crippen LogP contribution in [0.4, 0.5) is 0 Å². The maximum atomic E-state index is 11.4. The van der Waals surface area contributed by atoms with Crippen LogP contribution < -0.4 is 5.32 Å². The first-order valence-electron chi connectivity index (χ1n) is 6.67. The number of carbonyl (C=O) groups excluding carboxylic acids is 1. The molecule has 0 spiro atoms. The highest BCUT2D eigenvalue weighted by Crippen LogP contribution is 2.10. The quantitative estimate of drug-likeness (QED) is 0.744. The maximum absolute atomic E-state index is 11.4. The van der Waals surface area contributed by atoms with Crippen LogP contribution in [0.25, 0.3) is 0 Å². The summed E-state index contributed by atoms with van der Waals surface area (Å²) in [6.45, 7) is 7.67. The molecular formula is C13H22N4O. The van der Waals surface area contributed by atoms with Crippen molar-refractivity contribution in [3.63, 3.8) is 0 Å². The van der Waals surface area contributed by atoms with Gasteiger partial charge in [-0.1, -0.05) is 0 Å². The van der Waals surface area contributed by atoms with E-state index in [9.17, 15) is 4.79 Å². The molecule has 2 rings (SSSR count). The van der Waals surface area contributed by atoms with Crippen LogP contribution in [0.2, 0.25) is 0 Å². The van der Waals surface area contributed by atoms with E-state index >= 15 is 0 Å². The van der Waals surface area contributed by atoms with Crippen molar-refractivity contribution in [1.29, 1.82) is 0 Å². The standard InChI is InChI=1S/C13H22N4O/c1-10-12(11(2)16-15-10)9-14-6-4-8-17-7-3-5-13(17)18/h14H,3-9H2,1-2H3,(H,15,16). The van der Waals surface area contributed by atoms with Gasteiger partial charge in [0, 0.05) is 37.3 Å². The van der Waals surface area contributed by atoms with Gasteiger partial charge in [-0.2, -0.15) is 5.10 Å². The maximum Gasteiger partial charge on any atom is 0.222 e. The summed E-state index contributed by atoms with van der Waals surface area (Å²) in [6, 6.07) is 0. The Bertz CT molecular complexity index is 394. The van der Waals surface area contributed by atoms with E-state index in [-0.39, 0.29) is 0 Å². The first-order valence-corrected chi connectivity index (χ1v) is 6.67. The molecule has 0 radical (unpaired) electrons. The van der Waals surface area contributed by atoms with Crippen molar-refractivity contribution >= 4 is 5.91 Å². The molecule has 5 heteroatoms. The number of aromatic nitrogens is 2. The van der Waals surface area contributed by atoms with Crippen LogP contribution in [-0.4, -0.2) is 40.6 Å². The lowest BCUT2D eigenvalue weighted by Crippen LogP contribution is -2.28. The van der Waals surface area contributed by atoms with Gasteiger partial charge in [0.25, 0.3) is 0 Å². The van der Waals surface area contributed by atoms with Gasteiger partial charge in [0.1, 0.15) is 0 Å². The molecule has 1 aromatic heterocycles. The minimum atomic E-state index is 0.316. The number of carbonyl (C=O) groups is 1. The van der Waals surface area contributed by atoms with Crippen molar-refractivity contribution in [3.8, 4) is 0 Å². The van der Waals surface area contributed by atoms with E-state index in [0.29, 0.717) is 5.91 Å². The fraction of sp³-hybridized carbons (Fsp3) is 0.692. The average Bonchev–Trinajstić information content (AvgIpc) is 2.88. The summed E-state index contributed by atoms with van der Waals surface area (Å²) in [6.07, 6.45) is 2.78. The molecule has 1 amide bonds. The molecule has 1 fully saturated rings. The lowest BCUT2D eigenvalue weighted by molar-refractivity contribution is -0.127. The Balaban J connectivity index is 1.63. The topological polar surface area (TPSA) is 61.0 Å². The summed E-state index contributed by atoms with van der Waals surface area (Å²) in [5.74, 6) is 0.316. The Kier molecular flexibility index (Phi) is 4.36. The minimum absolute atomic E-state index is 0.316. The highest BCUT2D eigenvalue weighted by molar-refractivity contribution is 5.77. The molecule has 0 aromatic carbocycles. The Morgan fingerprint density at radius 3 is 2.89 bits per heavy atom. The molecule has 0 bridgehead atoms. The zero-order valence-corrected chi connectivity index (χ0v) is 11.3. The largest absolute Gasteiger partial charge is 0.343 e. The van der Waals surface area contributed by atoms with Crippen molar-refractivity contribution in [2.24, 2.45) is 0 Å². The number of amides is 1. The molecule has 5 nitrogen and oxygen atoms in total. The average molecular weight is 250 g/mol. The Hall–Kier alpha value is -1.36. The molecule has 0 unspecified atom stereocenters. The van der Waals surface area contributed by atoms with Crippen LogP contribution in [0.3, 0.4) is 0 Å². The van der Waals surface area contributed by atoms with E-state index in [1.807, 2.05) is 18.7 Å². The molecule has 2 N–H and O–H groups in total. The summed E-state index contributed by atoms with van der Waals surface area (Å²) in [5.41, 5.74) is 3.46. The number of aryl methyl sites for hydroxylation is 2. The number of hydrogen-bond donors (Lipinski definition) is 2. The molecule has 1 saturated heterocycles. The fourth-order valence-electron chi connectivity index (χ4n) is 2.38. The number of nitrogens with zero attached hydrogens (tertiary/aromatic N) is 2. The van der Waals surface area contributed by atoms with E-state index in [1.54, 1.807) is 0 Å². The monoisotopic (exact) mass is 250 g/mol. The molecule has 1 aromatic rings. The van der Waals surface area contributed by atoms with Crippen molar-refractivity contribution in [2.75, 3.05) is 19.6 Å². The van der Waals surface area contributed by atoms with Gasteiger partial charge >= 0.3 is 0 Å². The highest BCUT2D eigenvalue weighted by atomic mass is 16.2. The van der Waals surface area contributed by atoms with Crippen molar-refractivity contribution < 1.29 is 4.79 Å². The molecule has 0 atom stereocenters. The van der Waals surface area contributed by atoms with Gasteiger partial charge in [0.05, 0.1) is 5.69 Å². The van der Waals surface area contributed by atoms with E-state index in [0.717, 1.165) is 56.8 Å². The number of nitrogens with one attached hydrogen (secondary N) is 2. The van der Waals surface area contributed by atoms with Crippen LogP contribution in [0.15, 0.2) is 0 Å². The molecular weight excluding hydrogens is 228 g/mol. The fourth-order valence-corrected chi connectivity index (χ4v) is 2.38. The first kappa shape index (κ1) is 13.1. The number of aromatic amines is 1. The predicted molar refractivity (Wildman–Crippen MR) is 70.2 cm³/mol. The van der Waals surface area contributed by atoms with Gasteiger partial charge in [0.2, 0.25) is 5.91 Å². The first-order chi connectivity index (χ1) is 8.68. The number of hydrogen-bond acceptors (Lipinski definition) is 3. The predicted octanol–water partition coefficient (Wildman–Crippen LogP) is 1.13.